The maximum absolute atomic E-state index is 11.9. The maximum atomic E-state index is 11.9. The Kier molecular flexibility index (Phi) is 2.89. The van der Waals surface area contributed by atoms with Crippen molar-refractivity contribution >= 4 is 49.1 Å². The van der Waals surface area contributed by atoms with Gasteiger partial charge in [-0.1, -0.05) is 0 Å². The van der Waals surface area contributed by atoms with Crippen LogP contribution in [0, 0.1) is 0 Å². The summed E-state index contributed by atoms with van der Waals surface area (Å²) in [6.07, 6.45) is 1.72. The first-order valence-corrected chi connectivity index (χ1v) is 6.88. The number of carbonyl (C=O) groups excluding carboxylic acids is 1. The zero-order valence-electron chi connectivity index (χ0n) is 9.11. The minimum absolute atomic E-state index is 0.162. The number of hydrogen-bond acceptors (Lipinski definition) is 3. The Morgan fingerprint density at radius 1 is 1.39 bits per heavy atom. The minimum atomic E-state index is -0.162. The summed E-state index contributed by atoms with van der Waals surface area (Å²) in [5.74, 6) is -0.162. The van der Waals surface area contributed by atoms with E-state index in [4.69, 9.17) is 0 Å². The van der Waals surface area contributed by atoms with Crippen LogP contribution in [0.5, 0.6) is 0 Å². The lowest BCUT2D eigenvalue weighted by molar-refractivity contribution is 0.102. The van der Waals surface area contributed by atoms with Gasteiger partial charge in [0.15, 0.2) is 0 Å². The first-order valence-electron chi connectivity index (χ1n) is 5.21. The Hall–Kier alpha value is -1.66. The number of H-pyrrole nitrogens is 1. The van der Waals surface area contributed by atoms with Crippen molar-refractivity contribution < 1.29 is 4.79 Å². The predicted molar refractivity (Wildman–Crippen MR) is 76.1 cm³/mol. The highest BCUT2D eigenvalue weighted by Gasteiger charge is 2.08. The van der Waals surface area contributed by atoms with Gasteiger partial charge in [-0.2, -0.15) is 0 Å². The van der Waals surface area contributed by atoms with Crippen LogP contribution >= 0.6 is 27.3 Å². The smallest absolute Gasteiger partial charge is 0.272 e. The number of fused-ring (bicyclic) bond motifs is 1. The van der Waals surface area contributed by atoms with Gasteiger partial charge in [-0.25, -0.2) is 4.98 Å². The second-order valence-electron chi connectivity index (χ2n) is 3.72. The third-order valence-electron chi connectivity index (χ3n) is 2.48. The van der Waals surface area contributed by atoms with Crippen LogP contribution in [0.4, 0.5) is 5.69 Å². The largest absolute Gasteiger partial charge is 0.356 e. The molecule has 0 radical (unpaired) electrons. The summed E-state index contributed by atoms with van der Waals surface area (Å²) < 4.78 is 1.91. The number of rotatable bonds is 2. The molecule has 0 aliphatic heterocycles. The van der Waals surface area contributed by atoms with Crippen molar-refractivity contribution in [3.8, 4) is 0 Å². The monoisotopic (exact) mass is 321 g/mol. The van der Waals surface area contributed by atoms with Crippen molar-refractivity contribution in [3.63, 3.8) is 0 Å². The molecule has 0 atom stereocenters. The highest BCUT2D eigenvalue weighted by atomic mass is 79.9. The topological polar surface area (TPSA) is 57.8 Å². The van der Waals surface area contributed by atoms with Gasteiger partial charge in [-0.15, -0.1) is 11.3 Å². The molecule has 3 rings (SSSR count). The van der Waals surface area contributed by atoms with E-state index in [1.165, 1.54) is 0 Å². The molecule has 0 fully saturated rings. The number of hydrogen-bond donors (Lipinski definition) is 2. The maximum Gasteiger partial charge on any atom is 0.272 e. The molecule has 2 aromatic heterocycles. The number of carbonyl (C=O) groups is 1. The van der Waals surface area contributed by atoms with Crippen LogP contribution in [0.25, 0.3) is 10.2 Å². The van der Waals surface area contributed by atoms with Gasteiger partial charge in [0.1, 0.15) is 5.69 Å². The molecule has 1 aromatic carbocycles. The molecule has 3 aromatic rings. The lowest BCUT2D eigenvalue weighted by atomic mass is 10.3. The van der Waals surface area contributed by atoms with Crippen molar-refractivity contribution in [2.24, 2.45) is 0 Å². The fourth-order valence-electron chi connectivity index (χ4n) is 1.63. The normalized spacial score (nSPS) is 10.7. The van der Waals surface area contributed by atoms with E-state index in [1.54, 1.807) is 29.1 Å². The zero-order chi connectivity index (χ0) is 12.5. The Morgan fingerprint density at radius 2 is 2.28 bits per heavy atom. The van der Waals surface area contributed by atoms with Gasteiger partial charge in [-0.3, -0.25) is 4.79 Å². The number of aromatic amines is 1. The van der Waals surface area contributed by atoms with Crippen LogP contribution in [-0.4, -0.2) is 15.9 Å². The highest BCUT2D eigenvalue weighted by molar-refractivity contribution is 9.10. The lowest BCUT2D eigenvalue weighted by Gasteiger charge is -2.03. The SMILES string of the molecule is O=C(Nc1ccc2ncsc2c1)c1cc(Br)c[nH]1. The molecule has 0 aliphatic rings. The van der Waals surface area contributed by atoms with Crippen LogP contribution in [0.15, 0.2) is 40.4 Å². The number of thiazole rings is 1. The van der Waals surface area contributed by atoms with Crippen LogP contribution < -0.4 is 5.32 Å². The summed E-state index contributed by atoms with van der Waals surface area (Å²) in [5, 5.41) is 2.84. The van der Waals surface area contributed by atoms with Gasteiger partial charge >= 0.3 is 0 Å². The first-order chi connectivity index (χ1) is 8.72. The molecule has 2 heterocycles. The van der Waals surface area contributed by atoms with Crippen molar-refractivity contribution in [2.75, 3.05) is 5.32 Å². The van der Waals surface area contributed by atoms with E-state index < -0.39 is 0 Å². The van der Waals surface area contributed by atoms with Crippen molar-refractivity contribution in [2.45, 2.75) is 0 Å². The van der Waals surface area contributed by atoms with Crippen molar-refractivity contribution in [3.05, 3.63) is 46.1 Å². The standard InChI is InChI=1S/C12H8BrN3OS/c13-7-3-10(14-5-7)12(17)16-8-1-2-9-11(4-8)18-6-15-9/h1-6,14H,(H,16,17). The van der Waals surface area contributed by atoms with E-state index in [0.717, 1.165) is 20.4 Å². The van der Waals surface area contributed by atoms with Gasteiger partial charge < -0.3 is 10.3 Å². The van der Waals surface area contributed by atoms with Crippen LogP contribution in [0.3, 0.4) is 0 Å². The number of benzene rings is 1. The van der Waals surface area contributed by atoms with E-state index in [9.17, 15) is 4.79 Å². The Labute approximate surface area is 115 Å². The fourth-order valence-corrected chi connectivity index (χ4v) is 2.69. The molecule has 90 valence electrons. The van der Waals surface area contributed by atoms with Gasteiger partial charge in [-0.05, 0) is 40.2 Å². The van der Waals surface area contributed by atoms with Gasteiger partial charge in [0.25, 0.3) is 5.91 Å². The van der Waals surface area contributed by atoms with Gasteiger partial charge in [0.2, 0.25) is 0 Å². The third kappa shape index (κ3) is 2.16. The molecule has 4 nitrogen and oxygen atoms in total. The predicted octanol–water partition coefficient (Wildman–Crippen LogP) is 3.64. The molecule has 6 heteroatoms. The number of nitrogens with one attached hydrogen (secondary N) is 2. The van der Waals surface area contributed by atoms with Crippen LogP contribution in [0.1, 0.15) is 10.5 Å². The quantitative estimate of drug-likeness (QED) is 0.757. The summed E-state index contributed by atoms with van der Waals surface area (Å²) in [6.45, 7) is 0. The number of aromatic nitrogens is 2. The molecule has 0 spiro atoms. The van der Waals surface area contributed by atoms with E-state index in [2.05, 4.69) is 31.2 Å². The molecule has 1 amide bonds. The third-order valence-corrected chi connectivity index (χ3v) is 3.73. The van der Waals surface area contributed by atoms with Crippen LogP contribution in [-0.2, 0) is 0 Å². The van der Waals surface area contributed by atoms with Crippen molar-refractivity contribution in [1.29, 1.82) is 0 Å². The van der Waals surface area contributed by atoms with Gasteiger partial charge in [0.05, 0.1) is 15.7 Å². The molecular weight excluding hydrogens is 314 g/mol. The molecule has 0 bridgehead atoms. The average molecular weight is 322 g/mol. The Bertz CT molecular complexity index is 719. The summed E-state index contributed by atoms with van der Waals surface area (Å²) in [6, 6.07) is 7.40. The van der Waals surface area contributed by atoms with E-state index in [-0.39, 0.29) is 5.91 Å². The molecule has 0 saturated carbocycles. The number of nitrogens with zero attached hydrogens (tertiary/aromatic N) is 1. The first kappa shape index (κ1) is 11.4. The summed E-state index contributed by atoms with van der Waals surface area (Å²) in [7, 11) is 0. The zero-order valence-corrected chi connectivity index (χ0v) is 11.5. The summed E-state index contributed by atoms with van der Waals surface area (Å²) >= 11 is 4.85. The second-order valence-corrected chi connectivity index (χ2v) is 5.52. The minimum Gasteiger partial charge on any atom is -0.356 e. The lowest BCUT2D eigenvalue weighted by Crippen LogP contribution is -2.11. The molecule has 18 heavy (non-hydrogen) atoms. The fraction of sp³-hybridized carbons (Fsp3) is 0. The molecule has 0 aliphatic carbocycles. The number of anilines is 1. The molecule has 0 unspecified atom stereocenters. The second kappa shape index (κ2) is 4.55. The average Bonchev–Trinajstić information content (AvgIpc) is 2.96. The summed E-state index contributed by atoms with van der Waals surface area (Å²) in [4.78, 5) is 19.0. The molecular formula is C12H8BrN3OS. The van der Waals surface area contributed by atoms with E-state index >= 15 is 0 Å². The Balaban J connectivity index is 1.85. The Morgan fingerprint density at radius 3 is 3.06 bits per heavy atom. The summed E-state index contributed by atoms with van der Waals surface area (Å²) in [5.41, 5.74) is 4.02. The molecule has 0 saturated heterocycles. The number of amides is 1. The van der Waals surface area contributed by atoms with Crippen LogP contribution in [0.2, 0.25) is 0 Å². The highest BCUT2D eigenvalue weighted by Crippen LogP contribution is 2.22. The molecule has 2 N–H and O–H groups in total. The van der Waals surface area contributed by atoms with E-state index in [0.29, 0.717) is 5.69 Å². The van der Waals surface area contributed by atoms with Gasteiger partial charge in [0, 0.05) is 16.4 Å². The van der Waals surface area contributed by atoms with Crippen molar-refractivity contribution in [1.82, 2.24) is 9.97 Å². The number of halogens is 1. The van der Waals surface area contributed by atoms with E-state index in [1.807, 2.05) is 18.2 Å².